The van der Waals surface area contributed by atoms with E-state index in [-0.39, 0.29) is 6.10 Å². The van der Waals surface area contributed by atoms with Gasteiger partial charge in [-0.15, -0.1) is 11.3 Å². The highest BCUT2D eigenvalue weighted by atomic mass is 32.1. The molecule has 1 atom stereocenters. The zero-order valence-electron chi connectivity index (χ0n) is 7.92. The molecule has 0 saturated carbocycles. The van der Waals surface area contributed by atoms with Crippen LogP contribution in [0, 0.1) is 0 Å². The third-order valence-electron chi connectivity index (χ3n) is 2.29. The van der Waals surface area contributed by atoms with Gasteiger partial charge in [0.05, 0.1) is 11.2 Å². The standard InChI is InChI=1S/C11H9NO2S/c1-2-4-10-9(3-1)13-5-11(14-10)8-6-15-7-12-8/h1-4,6-7,11H,5H2. The molecule has 3 rings (SSSR count). The number of hydrogen-bond acceptors (Lipinski definition) is 4. The fourth-order valence-corrected chi connectivity index (χ4v) is 2.14. The molecule has 0 fully saturated rings. The van der Waals surface area contributed by atoms with Gasteiger partial charge in [-0.2, -0.15) is 0 Å². The van der Waals surface area contributed by atoms with Crippen LogP contribution in [0.5, 0.6) is 11.5 Å². The lowest BCUT2D eigenvalue weighted by molar-refractivity contribution is 0.0887. The molecule has 1 aromatic carbocycles. The summed E-state index contributed by atoms with van der Waals surface area (Å²) in [6.45, 7) is 0.529. The minimum Gasteiger partial charge on any atom is -0.485 e. The third-order valence-corrected chi connectivity index (χ3v) is 2.89. The van der Waals surface area contributed by atoms with E-state index in [2.05, 4.69) is 4.98 Å². The van der Waals surface area contributed by atoms with Crippen LogP contribution >= 0.6 is 11.3 Å². The Kier molecular flexibility index (Phi) is 2.07. The van der Waals surface area contributed by atoms with E-state index in [1.165, 1.54) is 0 Å². The number of ether oxygens (including phenoxy) is 2. The first-order valence-corrected chi connectivity index (χ1v) is 5.64. The average Bonchev–Trinajstić information content (AvgIpc) is 2.82. The van der Waals surface area contributed by atoms with Gasteiger partial charge in [-0.3, -0.25) is 0 Å². The molecule has 3 nitrogen and oxygen atoms in total. The minimum absolute atomic E-state index is 0.0776. The van der Waals surface area contributed by atoms with Crippen molar-refractivity contribution in [2.24, 2.45) is 0 Å². The molecule has 0 bridgehead atoms. The zero-order valence-corrected chi connectivity index (χ0v) is 8.74. The predicted molar refractivity (Wildman–Crippen MR) is 57.4 cm³/mol. The zero-order chi connectivity index (χ0) is 10.1. The normalized spacial score (nSPS) is 18.8. The van der Waals surface area contributed by atoms with Gasteiger partial charge in [0.2, 0.25) is 0 Å². The van der Waals surface area contributed by atoms with Crippen LogP contribution in [0.3, 0.4) is 0 Å². The van der Waals surface area contributed by atoms with Crippen molar-refractivity contribution >= 4 is 11.3 Å². The Bertz CT molecular complexity index is 455. The summed E-state index contributed by atoms with van der Waals surface area (Å²) in [6, 6.07) is 7.69. The lowest BCUT2D eigenvalue weighted by Crippen LogP contribution is -2.21. The molecule has 2 aromatic rings. The molecule has 4 heteroatoms. The van der Waals surface area contributed by atoms with E-state index < -0.39 is 0 Å². The molecule has 0 saturated heterocycles. The van der Waals surface area contributed by atoms with Crippen LogP contribution in [0.15, 0.2) is 35.2 Å². The molecule has 1 aromatic heterocycles. The topological polar surface area (TPSA) is 31.4 Å². The summed E-state index contributed by atoms with van der Waals surface area (Å²) in [4.78, 5) is 4.23. The Labute approximate surface area is 91.3 Å². The first-order valence-electron chi connectivity index (χ1n) is 4.70. The van der Waals surface area contributed by atoms with Crippen LogP contribution in [0.1, 0.15) is 11.8 Å². The van der Waals surface area contributed by atoms with Gasteiger partial charge in [0.15, 0.2) is 17.6 Å². The maximum atomic E-state index is 5.80. The predicted octanol–water partition coefficient (Wildman–Crippen LogP) is 2.66. The largest absolute Gasteiger partial charge is 0.485 e. The molecule has 0 spiro atoms. The Morgan fingerprint density at radius 3 is 2.93 bits per heavy atom. The first-order chi connectivity index (χ1) is 7.43. The van der Waals surface area contributed by atoms with Gasteiger partial charge in [0, 0.05) is 5.38 Å². The number of aromatic nitrogens is 1. The Balaban J connectivity index is 1.89. The summed E-state index contributed by atoms with van der Waals surface area (Å²) >= 11 is 1.57. The van der Waals surface area contributed by atoms with Crippen molar-refractivity contribution in [3.05, 3.63) is 40.8 Å². The van der Waals surface area contributed by atoms with E-state index in [0.29, 0.717) is 6.61 Å². The molecule has 0 aliphatic carbocycles. The molecule has 1 aliphatic heterocycles. The maximum Gasteiger partial charge on any atom is 0.175 e. The molecule has 0 amide bonds. The van der Waals surface area contributed by atoms with E-state index in [0.717, 1.165) is 17.2 Å². The van der Waals surface area contributed by atoms with Crippen molar-refractivity contribution in [1.29, 1.82) is 0 Å². The van der Waals surface area contributed by atoms with Crippen molar-refractivity contribution in [3.8, 4) is 11.5 Å². The van der Waals surface area contributed by atoms with E-state index in [4.69, 9.17) is 9.47 Å². The molecule has 15 heavy (non-hydrogen) atoms. The quantitative estimate of drug-likeness (QED) is 0.739. The van der Waals surface area contributed by atoms with Crippen LogP contribution in [0.2, 0.25) is 0 Å². The smallest absolute Gasteiger partial charge is 0.175 e. The van der Waals surface area contributed by atoms with Crippen LogP contribution in [-0.2, 0) is 0 Å². The summed E-state index contributed by atoms with van der Waals surface area (Å²) in [6.07, 6.45) is -0.0776. The van der Waals surface area contributed by atoms with Crippen LogP contribution in [0.4, 0.5) is 0 Å². The maximum absolute atomic E-state index is 5.80. The molecular formula is C11H9NO2S. The number of fused-ring (bicyclic) bond motifs is 1. The number of benzene rings is 1. The second-order valence-corrected chi connectivity index (χ2v) is 4.00. The average molecular weight is 219 g/mol. The van der Waals surface area contributed by atoms with Gasteiger partial charge >= 0.3 is 0 Å². The lowest BCUT2D eigenvalue weighted by atomic mass is 10.2. The highest BCUT2D eigenvalue weighted by Crippen LogP contribution is 2.35. The summed E-state index contributed by atoms with van der Waals surface area (Å²) in [5, 5.41) is 1.99. The van der Waals surface area contributed by atoms with Gasteiger partial charge in [0.1, 0.15) is 6.61 Å². The molecule has 0 N–H and O–H groups in total. The second-order valence-electron chi connectivity index (χ2n) is 3.28. The summed E-state index contributed by atoms with van der Waals surface area (Å²) in [5.74, 6) is 1.60. The van der Waals surface area contributed by atoms with Crippen molar-refractivity contribution in [3.63, 3.8) is 0 Å². The third kappa shape index (κ3) is 1.57. The van der Waals surface area contributed by atoms with Crippen LogP contribution in [-0.4, -0.2) is 11.6 Å². The summed E-state index contributed by atoms with van der Waals surface area (Å²) in [5.41, 5.74) is 2.74. The van der Waals surface area contributed by atoms with Gasteiger partial charge in [-0.05, 0) is 12.1 Å². The van der Waals surface area contributed by atoms with Crippen molar-refractivity contribution in [2.75, 3.05) is 6.61 Å². The van der Waals surface area contributed by atoms with E-state index >= 15 is 0 Å². The van der Waals surface area contributed by atoms with Crippen LogP contribution < -0.4 is 9.47 Å². The van der Waals surface area contributed by atoms with Crippen molar-refractivity contribution in [2.45, 2.75) is 6.10 Å². The monoisotopic (exact) mass is 219 g/mol. The first kappa shape index (κ1) is 8.73. The van der Waals surface area contributed by atoms with Crippen molar-refractivity contribution in [1.82, 2.24) is 4.98 Å². The summed E-state index contributed by atoms with van der Waals surface area (Å²) in [7, 11) is 0. The van der Waals surface area contributed by atoms with Crippen LogP contribution in [0.25, 0.3) is 0 Å². The number of para-hydroxylation sites is 2. The Morgan fingerprint density at radius 2 is 2.13 bits per heavy atom. The van der Waals surface area contributed by atoms with Gasteiger partial charge < -0.3 is 9.47 Å². The van der Waals surface area contributed by atoms with Gasteiger partial charge in [-0.1, -0.05) is 12.1 Å². The molecule has 76 valence electrons. The van der Waals surface area contributed by atoms with E-state index in [1.54, 1.807) is 16.8 Å². The molecule has 1 aliphatic rings. The van der Waals surface area contributed by atoms with Gasteiger partial charge in [-0.25, -0.2) is 4.98 Å². The Morgan fingerprint density at radius 1 is 1.27 bits per heavy atom. The number of nitrogens with zero attached hydrogens (tertiary/aromatic N) is 1. The fraction of sp³-hybridized carbons (Fsp3) is 0.182. The lowest BCUT2D eigenvalue weighted by Gasteiger charge is -2.25. The SMILES string of the molecule is c1ccc2c(c1)OCC(c1cscn1)O2. The van der Waals surface area contributed by atoms with Crippen molar-refractivity contribution < 1.29 is 9.47 Å². The molecule has 1 unspecified atom stereocenters. The van der Waals surface area contributed by atoms with E-state index in [9.17, 15) is 0 Å². The summed E-state index contributed by atoms with van der Waals surface area (Å²) < 4.78 is 11.4. The Hall–Kier alpha value is -1.55. The molecular weight excluding hydrogens is 210 g/mol. The minimum atomic E-state index is -0.0776. The highest BCUT2D eigenvalue weighted by molar-refractivity contribution is 7.07. The van der Waals surface area contributed by atoms with E-state index in [1.807, 2.05) is 29.6 Å². The number of rotatable bonds is 1. The molecule has 2 heterocycles. The second kappa shape index (κ2) is 3.55. The number of hydrogen-bond donors (Lipinski definition) is 0. The fourth-order valence-electron chi connectivity index (χ4n) is 1.55. The highest BCUT2D eigenvalue weighted by Gasteiger charge is 2.23. The number of thiazole rings is 1. The molecule has 0 radical (unpaired) electrons. The van der Waals surface area contributed by atoms with Gasteiger partial charge in [0.25, 0.3) is 0 Å².